The Morgan fingerprint density at radius 1 is 1.32 bits per heavy atom. The molecule has 0 saturated carbocycles. The molecular weight excluding hydrogens is 373 g/mol. The number of alkyl halides is 3. The van der Waals surface area contributed by atoms with Gasteiger partial charge in [-0.1, -0.05) is 0 Å². The van der Waals surface area contributed by atoms with Crippen LogP contribution in [-0.4, -0.2) is 49.1 Å². The summed E-state index contributed by atoms with van der Waals surface area (Å²) in [7, 11) is 1.75. The summed E-state index contributed by atoms with van der Waals surface area (Å²) < 4.78 is 43.1. The van der Waals surface area contributed by atoms with E-state index in [0.717, 1.165) is 11.1 Å². The van der Waals surface area contributed by atoms with Gasteiger partial charge in [0.15, 0.2) is 6.04 Å². The summed E-state index contributed by atoms with van der Waals surface area (Å²) in [6, 6.07) is -0.640. The van der Waals surface area contributed by atoms with Gasteiger partial charge in [-0.2, -0.15) is 23.4 Å². The molecule has 0 bridgehead atoms. The Hall–Kier alpha value is -2.52. The Morgan fingerprint density at radius 2 is 2.07 bits per heavy atom. The van der Waals surface area contributed by atoms with E-state index in [0.29, 0.717) is 35.7 Å². The first-order valence-corrected chi connectivity index (χ1v) is 9.39. The van der Waals surface area contributed by atoms with Gasteiger partial charge in [0.25, 0.3) is 5.91 Å². The zero-order valence-corrected chi connectivity index (χ0v) is 16.0. The topological polar surface area (TPSA) is 68.0 Å². The van der Waals surface area contributed by atoms with E-state index in [1.807, 2.05) is 0 Å². The number of hydrogen-bond donors (Lipinski definition) is 1. The highest BCUT2D eigenvalue weighted by Gasteiger charge is 2.46. The van der Waals surface area contributed by atoms with E-state index < -0.39 is 12.2 Å². The summed E-state index contributed by atoms with van der Waals surface area (Å²) in [5.41, 5.74) is 1.64. The summed E-state index contributed by atoms with van der Waals surface area (Å²) in [6.07, 6.45) is -1.31. The molecule has 0 radical (unpaired) electrons. The van der Waals surface area contributed by atoms with Gasteiger partial charge in [-0.05, 0) is 33.1 Å². The third kappa shape index (κ3) is 3.14. The number of carbonyl (C=O) groups is 1. The number of halogens is 3. The highest BCUT2D eigenvalue weighted by molar-refractivity contribution is 5.95. The quantitative estimate of drug-likeness (QED) is 0.847. The monoisotopic (exact) mass is 396 g/mol. The average Bonchev–Trinajstić information content (AvgIpc) is 3.29. The van der Waals surface area contributed by atoms with E-state index in [-0.39, 0.29) is 24.4 Å². The lowest BCUT2D eigenvalue weighted by Gasteiger charge is -2.31. The number of aryl methyl sites for hydroxylation is 2. The van der Waals surface area contributed by atoms with E-state index in [1.165, 1.54) is 0 Å². The van der Waals surface area contributed by atoms with Gasteiger partial charge in [0.2, 0.25) is 0 Å². The SMILES string of the molecule is Cc1nn(C)cc1C(=O)N1CCC[C@H]1c1cc2n(n1)[C@@H](C(F)(F)F)C[C@@H](C)N2. The second-order valence-electron chi connectivity index (χ2n) is 7.70. The van der Waals surface area contributed by atoms with Crippen molar-refractivity contribution < 1.29 is 18.0 Å². The number of likely N-dealkylation sites (tertiary alicyclic amines) is 1. The summed E-state index contributed by atoms with van der Waals surface area (Å²) in [4.78, 5) is 14.7. The molecule has 3 atom stereocenters. The lowest BCUT2D eigenvalue weighted by Crippen LogP contribution is -2.38. The smallest absolute Gasteiger partial charge is 0.368 e. The second kappa shape index (κ2) is 6.52. The van der Waals surface area contributed by atoms with Crippen molar-refractivity contribution in [3.8, 4) is 0 Å². The van der Waals surface area contributed by atoms with Crippen LogP contribution in [0.4, 0.5) is 19.0 Å². The van der Waals surface area contributed by atoms with E-state index in [9.17, 15) is 18.0 Å². The molecule has 10 heteroatoms. The molecular formula is C18H23F3N6O. The van der Waals surface area contributed by atoms with E-state index in [1.54, 1.807) is 42.7 Å². The molecule has 2 aliphatic rings. The summed E-state index contributed by atoms with van der Waals surface area (Å²) in [6.45, 7) is 4.05. The predicted octanol–water partition coefficient (Wildman–Crippen LogP) is 3.21. The third-order valence-electron chi connectivity index (χ3n) is 5.50. The third-order valence-corrected chi connectivity index (χ3v) is 5.50. The zero-order valence-electron chi connectivity index (χ0n) is 16.0. The number of carbonyl (C=O) groups excluding carboxylic acids is 1. The number of aromatic nitrogens is 4. The van der Waals surface area contributed by atoms with Crippen LogP contribution in [0.2, 0.25) is 0 Å². The maximum Gasteiger partial charge on any atom is 0.410 e. The van der Waals surface area contributed by atoms with Crippen molar-refractivity contribution in [2.45, 2.75) is 57.4 Å². The highest BCUT2D eigenvalue weighted by atomic mass is 19.4. The number of fused-ring (bicyclic) bond motifs is 1. The lowest BCUT2D eigenvalue weighted by atomic mass is 10.1. The largest absolute Gasteiger partial charge is 0.410 e. The van der Waals surface area contributed by atoms with Crippen LogP contribution >= 0.6 is 0 Å². The average molecular weight is 396 g/mol. The number of amides is 1. The first-order chi connectivity index (χ1) is 13.1. The first kappa shape index (κ1) is 18.8. The van der Waals surface area contributed by atoms with Gasteiger partial charge >= 0.3 is 6.18 Å². The Kier molecular flexibility index (Phi) is 4.39. The van der Waals surface area contributed by atoms with Gasteiger partial charge in [0.05, 0.1) is 23.0 Å². The van der Waals surface area contributed by atoms with Crippen LogP contribution < -0.4 is 5.32 Å². The summed E-state index contributed by atoms with van der Waals surface area (Å²) in [5.74, 6) is 0.195. The van der Waals surface area contributed by atoms with E-state index in [4.69, 9.17) is 0 Å². The minimum absolute atomic E-state index is 0.0696. The predicted molar refractivity (Wildman–Crippen MR) is 96.0 cm³/mol. The van der Waals surface area contributed by atoms with Crippen LogP contribution in [0.3, 0.4) is 0 Å². The van der Waals surface area contributed by atoms with Gasteiger partial charge in [-0.15, -0.1) is 0 Å². The second-order valence-corrected chi connectivity index (χ2v) is 7.70. The molecule has 28 heavy (non-hydrogen) atoms. The van der Waals surface area contributed by atoms with Crippen LogP contribution in [-0.2, 0) is 7.05 Å². The minimum Gasteiger partial charge on any atom is -0.368 e. The maximum absolute atomic E-state index is 13.5. The van der Waals surface area contributed by atoms with Crippen LogP contribution in [0.15, 0.2) is 12.3 Å². The van der Waals surface area contributed by atoms with Crippen molar-refractivity contribution in [1.82, 2.24) is 24.5 Å². The molecule has 2 aliphatic heterocycles. The van der Waals surface area contributed by atoms with Crippen molar-refractivity contribution in [3.63, 3.8) is 0 Å². The van der Waals surface area contributed by atoms with Crippen LogP contribution in [0.25, 0.3) is 0 Å². The number of anilines is 1. The molecule has 1 N–H and O–H groups in total. The molecule has 1 amide bonds. The van der Waals surface area contributed by atoms with Crippen molar-refractivity contribution >= 4 is 11.7 Å². The fourth-order valence-corrected chi connectivity index (χ4v) is 4.22. The normalized spacial score (nSPS) is 24.9. The summed E-state index contributed by atoms with van der Waals surface area (Å²) >= 11 is 0. The fraction of sp³-hybridized carbons (Fsp3) is 0.611. The van der Waals surface area contributed by atoms with Gasteiger partial charge in [0.1, 0.15) is 5.82 Å². The Morgan fingerprint density at radius 3 is 2.71 bits per heavy atom. The van der Waals surface area contributed by atoms with Gasteiger partial charge in [0, 0.05) is 31.9 Å². The molecule has 0 aliphatic carbocycles. The molecule has 4 heterocycles. The number of hydrogen-bond acceptors (Lipinski definition) is 4. The van der Waals surface area contributed by atoms with Crippen molar-refractivity contribution in [2.75, 3.05) is 11.9 Å². The number of rotatable bonds is 2. The molecule has 2 aromatic heterocycles. The molecule has 1 fully saturated rings. The maximum atomic E-state index is 13.5. The first-order valence-electron chi connectivity index (χ1n) is 9.39. The molecule has 0 aromatic carbocycles. The number of nitrogens with one attached hydrogen (secondary N) is 1. The Labute approximate surface area is 160 Å². The van der Waals surface area contributed by atoms with Crippen molar-refractivity contribution in [2.24, 2.45) is 7.05 Å². The Balaban J connectivity index is 1.66. The molecule has 2 aromatic rings. The van der Waals surface area contributed by atoms with Crippen molar-refractivity contribution in [1.29, 1.82) is 0 Å². The Bertz CT molecular complexity index is 902. The van der Waals surface area contributed by atoms with Gasteiger partial charge < -0.3 is 10.2 Å². The molecule has 152 valence electrons. The standard InChI is InChI=1S/C18H23F3N6O/c1-10-7-15(18(19,20)21)27-16(22-10)8-13(24-27)14-5-4-6-26(14)17(28)12-9-25(3)23-11(12)2/h8-10,14-15,22H,4-7H2,1-3H3/t10-,14+,15-/m1/s1. The van der Waals surface area contributed by atoms with Crippen LogP contribution in [0.1, 0.15) is 60.0 Å². The van der Waals surface area contributed by atoms with Crippen LogP contribution in [0, 0.1) is 6.92 Å². The highest BCUT2D eigenvalue weighted by Crippen LogP contribution is 2.41. The molecule has 7 nitrogen and oxygen atoms in total. The van der Waals surface area contributed by atoms with E-state index in [2.05, 4.69) is 15.5 Å². The van der Waals surface area contributed by atoms with E-state index >= 15 is 0 Å². The molecule has 0 spiro atoms. The summed E-state index contributed by atoms with van der Waals surface area (Å²) in [5, 5.41) is 11.6. The molecule has 0 unspecified atom stereocenters. The van der Waals surface area contributed by atoms with Gasteiger partial charge in [-0.25, -0.2) is 4.68 Å². The minimum atomic E-state index is -4.37. The fourth-order valence-electron chi connectivity index (χ4n) is 4.22. The van der Waals surface area contributed by atoms with Crippen molar-refractivity contribution in [3.05, 3.63) is 29.2 Å². The molecule has 4 rings (SSSR count). The van der Waals surface area contributed by atoms with Gasteiger partial charge in [-0.3, -0.25) is 9.48 Å². The number of nitrogens with zero attached hydrogens (tertiary/aromatic N) is 5. The lowest BCUT2D eigenvalue weighted by molar-refractivity contribution is -0.173. The van der Waals surface area contributed by atoms with Crippen LogP contribution in [0.5, 0.6) is 0 Å². The zero-order chi connectivity index (χ0) is 20.2. The molecule has 1 saturated heterocycles.